The van der Waals surface area contributed by atoms with Crippen LogP contribution in [-0.2, 0) is 11.3 Å². The van der Waals surface area contributed by atoms with Crippen LogP contribution < -0.4 is 0 Å². The third-order valence-corrected chi connectivity index (χ3v) is 4.77. The minimum Gasteiger partial charge on any atom is -0.478 e. The normalized spacial score (nSPS) is 14.7. The standard InChI is InChI=1S/C21H22FNO4/c22-19-12-17(21(25)26)6-7-18(19)20(24)23(13-15-4-2-1-3-5-15)14-16-8-10-27-11-9-16/h1-7,12,16H,8-11,13-14H2,(H,25,26). The number of carboxylic acids is 1. The largest absolute Gasteiger partial charge is 0.478 e. The Hall–Kier alpha value is -2.73. The van der Waals surface area contributed by atoms with Gasteiger partial charge in [-0.15, -0.1) is 0 Å². The quantitative estimate of drug-likeness (QED) is 0.843. The van der Waals surface area contributed by atoms with Gasteiger partial charge in [0.05, 0.1) is 11.1 Å². The predicted octanol–water partition coefficient (Wildman–Crippen LogP) is 3.59. The number of hydrogen-bond acceptors (Lipinski definition) is 3. The lowest BCUT2D eigenvalue weighted by Gasteiger charge is -2.30. The maximum atomic E-state index is 14.4. The summed E-state index contributed by atoms with van der Waals surface area (Å²) in [6.07, 6.45) is 1.72. The first-order valence-electron chi connectivity index (χ1n) is 8.98. The number of aromatic carboxylic acids is 1. The molecule has 0 radical (unpaired) electrons. The summed E-state index contributed by atoms with van der Waals surface area (Å²) < 4.78 is 19.8. The van der Waals surface area contributed by atoms with Gasteiger partial charge in [-0.3, -0.25) is 4.79 Å². The van der Waals surface area contributed by atoms with Crippen molar-refractivity contribution in [2.45, 2.75) is 19.4 Å². The van der Waals surface area contributed by atoms with Gasteiger partial charge in [0, 0.05) is 26.3 Å². The van der Waals surface area contributed by atoms with Crippen LogP contribution in [-0.4, -0.2) is 41.6 Å². The highest BCUT2D eigenvalue weighted by Crippen LogP contribution is 2.21. The van der Waals surface area contributed by atoms with Crippen molar-refractivity contribution in [2.75, 3.05) is 19.8 Å². The van der Waals surface area contributed by atoms with Gasteiger partial charge in [0.1, 0.15) is 5.82 Å². The molecule has 6 heteroatoms. The van der Waals surface area contributed by atoms with Crippen molar-refractivity contribution < 1.29 is 23.8 Å². The fourth-order valence-corrected chi connectivity index (χ4v) is 3.26. The number of carboxylic acid groups (broad SMARTS) is 1. The van der Waals surface area contributed by atoms with Gasteiger partial charge < -0.3 is 14.7 Å². The van der Waals surface area contributed by atoms with Crippen LogP contribution in [0.5, 0.6) is 0 Å². The summed E-state index contributed by atoms with van der Waals surface area (Å²) in [7, 11) is 0. The molecule has 2 aromatic rings. The van der Waals surface area contributed by atoms with Gasteiger partial charge in [-0.25, -0.2) is 9.18 Å². The smallest absolute Gasteiger partial charge is 0.335 e. The number of benzene rings is 2. The number of carbonyl (C=O) groups excluding carboxylic acids is 1. The van der Waals surface area contributed by atoms with Crippen LogP contribution in [0.3, 0.4) is 0 Å². The lowest BCUT2D eigenvalue weighted by atomic mass is 9.98. The maximum Gasteiger partial charge on any atom is 0.335 e. The van der Waals surface area contributed by atoms with Crippen LogP contribution in [0.2, 0.25) is 0 Å². The molecular weight excluding hydrogens is 349 g/mol. The summed E-state index contributed by atoms with van der Waals surface area (Å²) in [5.74, 6) is -2.17. The van der Waals surface area contributed by atoms with Gasteiger partial charge in [-0.1, -0.05) is 30.3 Å². The summed E-state index contributed by atoms with van der Waals surface area (Å²) >= 11 is 0. The van der Waals surface area contributed by atoms with Gasteiger partial charge in [0.15, 0.2) is 0 Å². The number of nitrogens with zero attached hydrogens (tertiary/aromatic N) is 1. The molecule has 1 aliphatic rings. The number of hydrogen-bond donors (Lipinski definition) is 1. The van der Waals surface area contributed by atoms with Gasteiger partial charge >= 0.3 is 5.97 Å². The van der Waals surface area contributed by atoms with Crippen LogP contribution in [0, 0.1) is 11.7 Å². The minimum absolute atomic E-state index is 0.108. The molecule has 0 atom stereocenters. The van der Waals surface area contributed by atoms with Gasteiger partial charge in [0.25, 0.3) is 5.91 Å². The Bertz CT molecular complexity index is 803. The fourth-order valence-electron chi connectivity index (χ4n) is 3.26. The average molecular weight is 371 g/mol. The van der Waals surface area contributed by atoms with Gasteiger partial charge in [0.2, 0.25) is 0 Å². The zero-order chi connectivity index (χ0) is 19.2. The predicted molar refractivity (Wildman–Crippen MR) is 98.1 cm³/mol. The number of carbonyl (C=O) groups is 2. The van der Waals surface area contributed by atoms with Crippen LogP contribution in [0.15, 0.2) is 48.5 Å². The molecule has 2 aromatic carbocycles. The van der Waals surface area contributed by atoms with E-state index >= 15 is 0 Å². The van der Waals surface area contributed by atoms with Crippen LogP contribution >= 0.6 is 0 Å². The number of amides is 1. The molecule has 1 saturated heterocycles. The van der Waals surface area contributed by atoms with Crippen LogP contribution in [0.25, 0.3) is 0 Å². The zero-order valence-electron chi connectivity index (χ0n) is 14.9. The highest BCUT2D eigenvalue weighted by molar-refractivity contribution is 5.96. The maximum absolute atomic E-state index is 14.4. The molecule has 1 heterocycles. The van der Waals surface area contributed by atoms with Crippen LogP contribution in [0.1, 0.15) is 39.1 Å². The second-order valence-corrected chi connectivity index (χ2v) is 6.73. The van der Waals surface area contributed by atoms with Gasteiger partial charge in [-0.2, -0.15) is 0 Å². The lowest BCUT2D eigenvalue weighted by Crippen LogP contribution is -2.37. The molecular formula is C21H22FNO4. The van der Waals surface area contributed by atoms with E-state index in [2.05, 4.69) is 0 Å². The topological polar surface area (TPSA) is 66.8 Å². The van der Waals surface area contributed by atoms with Crippen molar-refractivity contribution in [3.63, 3.8) is 0 Å². The first kappa shape index (κ1) is 19.0. The fraction of sp³-hybridized carbons (Fsp3) is 0.333. The third-order valence-electron chi connectivity index (χ3n) is 4.77. The van der Waals surface area contributed by atoms with E-state index in [1.165, 1.54) is 12.1 Å². The van der Waals surface area contributed by atoms with E-state index < -0.39 is 17.7 Å². The lowest BCUT2D eigenvalue weighted by molar-refractivity contribution is 0.0443. The Morgan fingerprint density at radius 2 is 1.81 bits per heavy atom. The summed E-state index contributed by atoms with van der Waals surface area (Å²) in [5, 5.41) is 8.99. The average Bonchev–Trinajstić information content (AvgIpc) is 2.68. The second kappa shape index (κ2) is 8.77. The van der Waals surface area contributed by atoms with E-state index in [1.807, 2.05) is 30.3 Å². The second-order valence-electron chi connectivity index (χ2n) is 6.73. The third kappa shape index (κ3) is 4.92. The number of ether oxygens (including phenoxy) is 1. The summed E-state index contributed by atoms with van der Waals surface area (Å²) in [6.45, 7) is 2.22. The first-order valence-corrected chi connectivity index (χ1v) is 8.98. The molecule has 0 unspecified atom stereocenters. The molecule has 27 heavy (non-hydrogen) atoms. The Kier molecular flexibility index (Phi) is 6.19. The molecule has 3 rings (SSSR count). The highest BCUT2D eigenvalue weighted by Gasteiger charge is 2.25. The molecule has 1 N–H and O–H groups in total. The Balaban J connectivity index is 1.84. The molecule has 5 nitrogen and oxygen atoms in total. The van der Waals surface area contributed by atoms with Crippen molar-refractivity contribution in [3.05, 3.63) is 71.0 Å². The molecule has 0 bridgehead atoms. The van der Waals surface area contributed by atoms with E-state index in [-0.39, 0.29) is 11.1 Å². The monoisotopic (exact) mass is 371 g/mol. The van der Waals surface area contributed by atoms with Crippen LogP contribution in [0.4, 0.5) is 4.39 Å². The Labute approximate surface area is 157 Å². The minimum atomic E-state index is -1.23. The summed E-state index contributed by atoms with van der Waals surface area (Å²) in [6, 6.07) is 13.0. The molecule has 1 amide bonds. The highest BCUT2D eigenvalue weighted by atomic mass is 19.1. The van der Waals surface area contributed by atoms with Gasteiger partial charge in [-0.05, 0) is 42.5 Å². The van der Waals surface area contributed by atoms with Crippen molar-refractivity contribution in [3.8, 4) is 0 Å². The number of rotatable bonds is 6. The molecule has 142 valence electrons. The molecule has 0 aliphatic carbocycles. The van der Waals surface area contributed by atoms with E-state index in [4.69, 9.17) is 9.84 Å². The molecule has 0 saturated carbocycles. The molecule has 0 aromatic heterocycles. The number of halogens is 1. The Morgan fingerprint density at radius 3 is 2.44 bits per heavy atom. The molecule has 1 fully saturated rings. The zero-order valence-corrected chi connectivity index (χ0v) is 14.9. The van der Waals surface area contributed by atoms with Crippen molar-refractivity contribution >= 4 is 11.9 Å². The summed E-state index contributed by atoms with van der Waals surface area (Å²) in [4.78, 5) is 25.7. The van der Waals surface area contributed by atoms with E-state index in [0.717, 1.165) is 24.5 Å². The SMILES string of the molecule is O=C(O)c1ccc(C(=O)N(Cc2ccccc2)CC2CCOCC2)c(F)c1. The van der Waals surface area contributed by atoms with Crippen molar-refractivity contribution in [1.29, 1.82) is 0 Å². The van der Waals surface area contributed by atoms with E-state index in [0.29, 0.717) is 32.2 Å². The van der Waals surface area contributed by atoms with E-state index in [9.17, 15) is 14.0 Å². The Morgan fingerprint density at radius 1 is 1.11 bits per heavy atom. The molecule has 0 spiro atoms. The van der Waals surface area contributed by atoms with Crippen molar-refractivity contribution in [2.24, 2.45) is 5.92 Å². The first-order chi connectivity index (χ1) is 13.0. The van der Waals surface area contributed by atoms with E-state index in [1.54, 1.807) is 4.90 Å². The molecule has 1 aliphatic heterocycles. The summed E-state index contributed by atoms with van der Waals surface area (Å²) in [5.41, 5.74) is 0.673. The van der Waals surface area contributed by atoms with Crippen molar-refractivity contribution in [1.82, 2.24) is 4.90 Å².